The van der Waals surface area contributed by atoms with E-state index in [0.717, 1.165) is 16.8 Å². The Kier molecular flexibility index (Phi) is 5.45. The molecule has 3 rings (SSSR count). The van der Waals surface area contributed by atoms with Gasteiger partial charge in [-0.15, -0.1) is 0 Å². The minimum absolute atomic E-state index is 0.0822. The van der Waals surface area contributed by atoms with Crippen LogP contribution in [0.5, 0.6) is 0 Å². The Hall–Kier alpha value is -3.55. The molecule has 1 amide bonds. The first-order valence-corrected chi connectivity index (χ1v) is 9.28. The van der Waals surface area contributed by atoms with Crippen LogP contribution in [0.15, 0.2) is 54.0 Å². The SMILES string of the molecule is CC(C)C(C)(C(N)=NC(=O)c1cnn(C)c1)c1ccc(-c2ccc(N)nc2)nc1. The molecule has 0 radical (unpaired) electrons. The van der Waals surface area contributed by atoms with E-state index in [-0.39, 0.29) is 11.8 Å². The van der Waals surface area contributed by atoms with Crippen LogP contribution < -0.4 is 11.5 Å². The highest BCUT2D eigenvalue weighted by Crippen LogP contribution is 2.33. The molecular formula is C21H25N7O. The molecule has 29 heavy (non-hydrogen) atoms. The zero-order chi connectivity index (χ0) is 21.2. The average Bonchev–Trinajstić information content (AvgIpc) is 3.14. The predicted molar refractivity (Wildman–Crippen MR) is 113 cm³/mol. The number of anilines is 1. The summed E-state index contributed by atoms with van der Waals surface area (Å²) >= 11 is 0. The van der Waals surface area contributed by atoms with Gasteiger partial charge >= 0.3 is 0 Å². The Bertz CT molecular complexity index is 1040. The molecule has 1 unspecified atom stereocenters. The van der Waals surface area contributed by atoms with Gasteiger partial charge in [0.05, 0.1) is 22.9 Å². The number of nitrogen functional groups attached to an aromatic ring is 1. The summed E-state index contributed by atoms with van der Waals surface area (Å²) in [6.07, 6.45) is 6.54. The van der Waals surface area contributed by atoms with Crippen LogP contribution in [0.4, 0.5) is 5.82 Å². The van der Waals surface area contributed by atoms with Crippen molar-refractivity contribution in [2.45, 2.75) is 26.2 Å². The van der Waals surface area contributed by atoms with Crippen molar-refractivity contribution < 1.29 is 4.79 Å². The number of pyridine rings is 2. The van der Waals surface area contributed by atoms with Crippen molar-refractivity contribution in [3.8, 4) is 11.3 Å². The number of aryl methyl sites for hydroxylation is 1. The summed E-state index contributed by atoms with van der Waals surface area (Å²) in [7, 11) is 1.74. The van der Waals surface area contributed by atoms with E-state index in [4.69, 9.17) is 11.5 Å². The van der Waals surface area contributed by atoms with E-state index in [2.05, 4.69) is 20.1 Å². The molecule has 8 nitrogen and oxygen atoms in total. The number of carbonyl (C=O) groups excluding carboxylic acids is 1. The normalized spacial score (nSPS) is 14.0. The van der Waals surface area contributed by atoms with Crippen LogP contribution in [0.25, 0.3) is 11.3 Å². The van der Waals surface area contributed by atoms with E-state index in [0.29, 0.717) is 11.4 Å². The standard InChI is InChI=1S/C21H25N7O/c1-13(2)21(3,20(23)27-19(29)15-10-26-28(4)12-15)16-6-7-17(24-11-16)14-5-8-18(22)25-9-14/h5-13H,1-4H3,(H2,22,25)(H2,23,27,29). The average molecular weight is 391 g/mol. The van der Waals surface area contributed by atoms with Gasteiger partial charge in [-0.1, -0.05) is 19.9 Å². The van der Waals surface area contributed by atoms with E-state index in [1.807, 2.05) is 39.0 Å². The molecule has 3 aromatic rings. The number of hydrogen-bond acceptors (Lipinski definition) is 5. The largest absolute Gasteiger partial charge is 0.386 e. The summed E-state index contributed by atoms with van der Waals surface area (Å²) in [5.74, 6) is 0.365. The van der Waals surface area contributed by atoms with Gasteiger partial charge in [-0.25, -0.2) is 4.98 Å². The number of rotatable bonds is 5. The summed E-state index contributed by atoms with van der Waals surface area (Å²) in [6, 6.07) is 7.46. The fourth-order valence-corrected chi connectivity index (χ4v) is 3.03. The van der Waals surface area contributed by atoms with Crippen LogP contribution in [-0.4, -0.2) is 31.5 Å². The second-order valence-electron chi connectivity index (χ2n) is 7.47. The van der Waals surface area contributed by atoms with E-state index < -0.39 is 11.3 Å². The molecule has 0 aliphatic rings. The molecule has 3 heterocycles. The zero-order valence-electron chi connectivity index (χ0n) is 17.0. The number of nitrogens with zero attached hydrogens (tertiary/aromatic N) is 5. The third-order valence-corrected chi connectivity index (χ3v) is 5.31. The summed E-state index contributed by atoms with van der Waals surface area (Å²) in [5.41, 5.74) is 14.2. The third-order valence-electron chi connectivity index (χ3n) is 5.31. The van der Waals surface area contributed by atoms with Gasteiger partial charge in [-0.3, -0.25) is 14.5 Å². The topological polar surface area (TPSA) is 125 Å². The Balaban J connectivity index is 1.94. The first kappa shape index (κ1) is 20.2. The fourth-order valence-electron chi connectivity index (χ4n) is 3.03. The summed E-state index contributed by atoms with van der Waals surface area (Å²) in [6.45, 7) is 6.04. The van der Waals surface area contributed by atoms with Gasteiger partial charge in [-0.2, -0.15) is 10.1 Å². The molecule has 0 saturated carbocycles. The minimum Gasteiger partial charge on any atom is -0.386 e. The number of amidine groups is 1. The van der Waals surface area contributed by atoms with Gasteiger partial charge in [0.15, 0.2) is 0 Å². The summed E-state index contributed by atoms with van der Waals surface area (Å²) in [4.78, 5) is 25.3. The van der Waals surface area contributed by atoms with Crippen molar-refractivity contribution in [1.82, 2.24) is 19.7 Å². The number of nitrogens with two attached hydrogens (primary N) is 2. The van der Waals surface area contributed by atoms with Crippen LogP contribution in [0, 0.1) is 5.92 Å². The number of hydrogen-bond donors (Lipinski definition) is 2. The maximum absolute atomic E-state index is 12.5. The molecule has 4 N–H and O–H groups in total. The smallest absolute Gasteiger partial charge is 0.281 e. The van der Waals surface area contributed by atoms with Gasteiger partial charge in [0, 0.05) is 31.2 Å². The van der Waals surface area contributed by atoms with E-state index in [9.17, 15) is 4.79 Å². The predicted octanol–water partition coefficient (Wildman–Crippen LogP) is 2.57. The second kappa shape index (κ2) is 7.83. The van der Waals surface area contributed by atoms with E-state index >= 15 is 0 Å². The number of amides is 1. The lowest BCUT2D eigenvalue weighted by molar-refractivity contribution is 0.100. The van der Waals surface area contributed by atoms with Gasteiger partial charge in [0.25, 0.3) is 5.91 Å². The molecule has 0 saturated heterocycles. The molecule has 8 heteroatoms. The van der Waals surface area contributed by atoms with Crippen molar-refractivity contribution in [2.75, 3.05) is 5.73 Å². The quantitative estimate of drug-likeness (QED) is 0.509. The Labute approximate surface area is 169 Å². The van der Waals surface area contributed by atoms with Gasteiger partial charge in [0.2, 0.25) is 0 Å². The van der Waals surface area contributed by atoms with Crippen molar-refractivity contribution >= 4 is 17.6 Å². The van der Waals surface area contributed by atoms with Crippen LogP contribution >= 0.6 is 0 Å². The monoisotopic (exact) mass is 391 g/mol. The molecule has 0 aliphatic carbocycles. The maximum atomic E-state index is 12.5. The Morgan fingerprint density at radius 2 is 1.90 bits per heavy atom. The molecular weight excluding hydrogens is 366 g/mol. The molecule has 1 atom stereocenters. The summed E-state index contributed by atoms with van der Waals surface area (Å²) < 4.78 is 1.55. The Morgan fingerprint density at radius 3 is 2.41 bits per heavy atom. The molecule has 0 fully saturated rings. The van der Waals surface area contributed by atoms with Crippen LogP contribution in [0.2, 0.25) is 0 Å². The first-order chi connectivity index (χ1) is 13.7. The maximum Gasteiger partial charge on any atom is 0.281 e. The van der Waals surface area contributed by atoms with Gasteiger partial charge < -0.3 is 11.5 Å². The molecule has 0 aromatic carbocycles. The lowest BCUT2D eigenvalue weighted by atomic mass is 9.73. The number of aromatic nitrogens is 4. The lowest BCUT2D eigenvalue weighted by Crippen LogP contribution is -2.43. The highest BCUT2D eigenvalue weighted by molar-refractivity contribution is 6.05. The fraction of sp³-hybridized carbons (Fsp3) is 0.286. The van der Waals surface area contributed by atoms with Gasteiger partial charge in [-0.05, 0) is 36.6 Å². The highest BCUT2D eigenvalue weighted by atomic mass is 16.1. The number of aliphatic imine (C=N–C) groups is 1. The van der Waals surface area contributed by atoms with E-state index in [1.54, 1.807) is 36.4 Å². The zero-order valence-corrected chi connectivity index (χ0v) is 17.0. The highest BCUT2D eigenvalue weighted by Gasteiger charge is 2.36. The van der Waals surface area contributed by atoms with E-state index in [1.165, 1.54) is 6.20 Å². The Morgan fingerprint density at radius 1 is 1.14 bits per heavy atom. The van der Waals surface area contributed by atoms with Crippen LogP contribution in [0.3, 0.4) is 0 Å². The van der Waals surface area contributed by atoms with Crippen molar-refractivity contribution in [1.29, 1.82) is 0 Å². The molecule has 0 bridgehead atoms. The summed E-state index contributed by atoms with van der Waals surface area (Å²) in [5, 5.41) is 4.01. The molecule has 150 valence electrons. The van der Waals surface area contributed by atoms with Crippen molar-refractivity contribution in [3.63, 3.8) is 0 Å². The molecule has 0 aliphatic heterocycles. The van der Waals surface area contributed by atoms with Crippen LogP contribution in [-0.2, 0) is 12.5 Å². The second-order valence-corrected chi connectivity index (χ2v) is 7.47. The van der Waals surface area contributed by atoms with Crippen molar-refractivity contribution in [2.24, 2.45) is 23.7 Å². The number of carbonyl (C=O) groups is 1. The van der Waals surface area contributed by atoms with Crippen LogP contribution in [0.1, 0.15) is 36.7 Å². The minimum atomic E-state index is -0.664. The molecule has 3 aromatic heterocycles. The van der Waals surface area contributed by atoms with Crippen molar-refractivity contribution in [3.05, 3.63) is 60.2 Å². The lowest BCUT2D eigenvalue weighted by Gasteiger charge is -2.33. The first-order valence-electron chi connectivity index (χ1n) is 9.28. The van der Waals surface area contributed by atoms with Gasteiger partial charge in [0.1, 0.15) is 11.7 Å². The molecule has 0 spiro atoms. The third kappa shape index (κ3) is 4.01.